The molecule has 1 fully saturated rings. The number of hydrogen-bond donors (Lipinski definition) is 0. The van der Waals surface area contributed by atoms with Crippen molar-refractivity contribution in [3.8, 4) is 0 Å². The van der Waals surface area contributed by atoms with Crippen molar-refractivity contribution in [2.75, 3.05) is 13.2 Å². The topological polar surface area (TPSA) is 23.4 Å². The Morgan fingerprint density at radius 3 is 2.43 bits per heavy atom. The van der Waals surface area contributed by atoms with Crippen LogP contribution in [0.1, 0.15) is 18.4 Å². The van der Waals surface area contributed by atoms with Crippen LogP contribution < -0.4 is 17.4 Å². The number of pyridine rings is 1. The number of rotatable bonds is 1. The average Bonchev–Trinajstić information content (AvgIpc) is 2.21. The molecule has 2 rings (SSSR count). The van der Waals surface area contributed by atoms with Gasteiger partial charge in [-0.25, -0.2) is 4.98 Å². The fourth-order valence-electron chi connectivity index (χ4n) is 1.51. The van der Waals surface area contributed by atoms with Crippen molar-refractivity contribution in [3.05, 3.63) is 35.7 Å². The number of H-pyrrole nitrogens is 1. The van der Waals surface area contributed by atoms with Gasteiger partial charge in [0, 0.05) is 12.1 Å². The maximum atomic E-state index is 5.29. The van der Waals surface area contributed by atoms with Gasteiger partial charge in [0.15, 0.2) is 12.4 Å². The summed E-state index contributed by atoms with van der Waals surface area (Å²) in [5.41, 5.74) is 2.77. The second-order valence-electron chi connectivity index (χ2n) is 3.25. The van der Waals surface area contributed by atoms with E-state index in [1.54, 1.807) is 0 Å². The second-order valence-corrected chi connectivity index (χ2v) is 3.25. The van der Waals surface area contributed by atoms with Gasteiger partial charge in [-0.1, -0.05) is 11.6 Å². The van der Waals surface area contributed by atoms with E-state index in [9.17, 15) is 0 Å². The highest BCUT2D eigenvalue weighted by atomic mass is 35.5. The van der Waals surface area contributed by atoms with E-state index in [-0.39, 0.29) is 12.4 Å². The maximum absolute atomic E-state index is 5.29. The van der Waals surface area contributed by atoms with E-state index >= 15 is 0 Å². The molecule has 1 aliphatic rings. The molecule has 0 bridgehead atoms. The molecular formula is C11H14ClNO. The summed E-state index contributed by atoms with van der Waals surface area (Å²) in [5, 5.41) is 0. The Balaban J connectivity index is 0.000000980. The minimum atomic E-state index is 0. The molecule has 1 N–H and O–H groups in total. The van der Waals surface area contributed by atoms with E-state index in [4.69, 9.17) is 4.74 Å². The van der Waals surface area contributed by atoms with Crippen molar-refractivity contribution < 1.29 is 22.1 Å². The van der Waals surface area contributed by atoms with Gasteiger partial charge in [-0.2, -0.15) is 0 Å². The highest BCUT2D eigenvalue weighted by molar-refractivity contribution is 5.51. The van der Waals surface area contributed by atoms with Crippen molar-refractivity contribution in [2.24, 2.45) is 0 Å². The molecule has 1 aromatic heterocycles. The quantitative estimate of drug-likeness (QED) is 0.567. The Morgan fingerprint density at radius 1 is 1.14 bits per heavy atom. The minimum absolute atomic E-state index is 0. The number of aromatic amines is 1. The van der Waals surface area contributed by atoms with Crippen LogP contribution in [0.2, 0.25) is 0 Å². The molecule has 0 amide bonds. The van der Waals surface area contributed by atoms with E-state index in [1.165, 1.54) is 11.1 Å². The second kappa shape index (κ2) is 5.78. The first-order valence-corrected chi connectivity index (χ1v) is 4.68. The molecule has 0 radical (unpaired) electrons. The summed E-state index contributed by atoms with van der Waals surface area (Å²) in [6.45, 7) is 1.76. The van der Waals surface area contributed by atoms with Gasteiger partial charge in [-0.3, -0.25) is 0 Å². The zero-order chi connectivity index (χ0) is 8.93. The van der Waals surface area contributed by atoms with E-state index in [2.05, 4.69) is 23.2 Å². The van der Waals surface area contributed by atoms with Crippen molar-refractivity contribution in [1.29, 1.82) is 0 Å². The fraction of sp³-hybridized carbons (Fsp3) is 0.364. The lowest BCUT2D eigenvalue weighted by molar-refractivity contribution is -0.378. The molecule has 0 aliphatic carbocycles. The first-order valence-electron chi connectivity index (χ1n) is 4.68. The van der Waals surface area contributed by atoms with Crippen LogP contribution in [0, 0.1) is 0 Å². The lowest BCUT2D eigenvalue weighted by Gasteiger charge is -2.14. The van der Waals surface area contributed by atoms with Gasteiger partial charge in [0.05, 0.1) is 13.2 Å². The molecule has 2 nitrogen and oxygen atoms in total. The lowest BCUT2D eigenvalue weighted by Crippen LogP contribution is -3.00. The number of aromatic nitrogens is 1. The summed E-state index contributed by atoms with van der Waals surface area (Å²) in [5.74, 6) is 0. The minimum Gasteiger partial charge on any atom is -1.00 e. The van der Waals surface area contributed by atoms with Crippen molar-refractivity contribution in [3.63, 3.8) is 0 Å². The van der Waals surface area contributed by atoms with Crippen LogP contribution in [0.5, 0.6) is 0 Å². The monoisotopic (exact) mass is 211 g/mol. The SMILES string of the molecule is C(=C1CCOCC1)c1cc[nH+]cc1.[Cl-]. The Bertz CT molecular complexity index is 289. The van der Waals surface area contributed by atoms with Gasteiger partial charge in [-0.05, 0) is 18.4 Å². The van der Waals surface area contributed by atoms with Crippen LogP contribution in [0.25, 0.3) is 6.08 Å². The largest absolute Gasteiger partial charge is 1.00 e. The first kappa shape index (κ1) is 11.2. The van der Waals surface area contributed by atoms with E-state index < -0.39 is 0 Å². The van der Waals surface area contributed by atoms with Gasteiger partial charge < -0.3 is 17.1 Å². The summed E-state index contributed by atoms with van der Waals surface area (Å²) < 4.78 is 5.29. The number of ether oxygens (including phenoxy) is 1. The summed E-state index contributed by atoms with van der Waals surface area (Å²) in [6.07, 6.45) is 8.32. The molecule has 3 heteroatoms. The molecule has 0 aromatic carbocycles. The van der Waals surface area contributed by atoms with Crippen LogP contribution in [0.3, 0.4) is 0 Å². The molecule has 14 heavy (non-hydrogen) atoms. The Hall–Kier alpha value is -0.860. The highest BCUT2D eigenvalue weighted by Crippen LogP contribution is 2.16. The predicted molar refractivity (Wildman–Crippen MR) is 51.0 cm³/mol. The van der Waals surface area contributed by atoms with Crippen LogP contribution in [-0.4, -0.2) is 13.2 Å². The van der Waals surface area contributed by atoms with Gasteiger partial charge in [0.1, 0.15) is 0 Å². The Kier molecular flexibility index (Phi) is 4.63. The van der Waals surface area contributed by atoms with E-state index in [0.29, 0.717) is 0 Å². The smallest absolute Gasteiger partial charge is 0.167 e. The first-order chi connectivity index (χ1) is 6.45. The third kappa shape index (κ3) is 3.13. The van der Waals surface area contributed by atoms with E-state index in [1.807, 2.05) is 12.4 Å². The highest BCUT2D eigenvalue weighted by Gasteiger charge is 2.04. The Labute approximate surface area is 90.4 Å². The molecular weight excluding hydrogens is 198 g/mol. The standard InChI is InChI=1S/C11H13NO.ClH/c1-5-12-6-2-10(1)9-11-3-7-13-8-4-11;/h1-2,5-6,9H,3-4,7-8H2;1H. The molecule has 2 heterocycles. The van der Waals surface area contributed by atoms with Gasteiger partial charge in [0.2, 0.25) is 0 Å². The van der Waals surface area contributed by atoms with Crippen LogP contribution in [0.15, 0.2) is 30.1 Å². The summed E-state index contributed by atoms with van der Waals surface area (Å²) in [6, 6.07) is 4.17. The molecule has 0 saturated carbocycles. The summed E-state index contributed by atoms with van der Waals surface area (Å²) in [7, 11) is 0. The normalized spacial score (nSPS) is 15.9. The third-order valence-electron chi connectivity index (χ3n) is 2.25. The van der Waals surface area contributed by atoms with Gasteiger partial charge in [0.25, 0.3) is 0 Å². The molecule has 0 spiro atoms. The summed E-state index contributed by atoms with van der Waals surface area (Å²) >= 11 is 0. The van der Waals surface area contributed by atoms with Crippen LogP contribution >= 0.6 is 0 Å². The van der Waals surface area contributed by atoms with Gasteiger partial charge in [-0.15, -0.1) is 0 Å². The molecule has 0 unspecified atom stereocenters. The molecule has 0 atom stereocenters. The van der Waals surface area contributed by atoms with Crippen LogP contribution in [0.4, 0.5) is 0 Å². The van der Waals surface area contributed by atoms with Crippen LogP contribution in [-0.2, 0) is 4.74 Å². The maximum Gasteiger partial charge on any atom is 0.167 e. The number of halogens is 1. The fourth-order valence-corrected chi connectivity index (χ4v) is 1.51. The molecule has 1 aromatic rings. The zero-order valence-electron chi connectivity index (χ0n) is 8.00. The lowest BCUT2D eigenvalue weighted by atomic mass is 10.1. The zero-order valence-corrected chi connectivity index (χ0v) is 8.76. The summed E-state index contributed by atoms with van der Waals surface area (Å²) in [4.78, 5) is 3.02. The molecule has 1 saturated heterocycles. The Morgan fingerprint density at radius 2 is 1.79 bits per heavy atom. The van der Waals surface area contributed by atoms with E-state index in [0.717, 1.165) is 26.1 Å². The third-order valence-corrected chi connectivity index (χ3v) is 2.25. The molecule has 76 valence electrons. The van der Waals surface area contributed by atoms with Crippen molar-refractivity contribution in [2.45, 2.75) is 12.8 Å². The van der Waals surface area contributed by atoms with Crippen molar-refractivity contribution in [1.82, 2.24) is 0 Å². The number of nitrogens with one attached hydrogen (secondary N) is 1. The number of hydrogen-bond acceptors (Lipinski definition) is 1. The van der Waals surface area contributed by atoms with Crippen molar-refractivity contribution >= 4 is 6.08 Å². The average molecular weight is 212 g/mol. The molecule has 1 aliphatic heterocycles. The predicted octanol–water partition coefficient (Wildman–Crippen LogP) is -1.30. The van der Waals surface area contributed by atoms with Gasteiger partial charge >= 0.3 is 0 Å².